The molecule has 5 heteroatoms. The number of rotatable bonds is 3. The molecule has 0 unspecified atom stereocenters. The molecule has 1 aliphatic rings. The third kappa shape index (κ3) is 3.18. The predicted molar refractivity (Wildman–Crippen MR) is 97.8 cm³/mol. The van der Waals surface area contributed by atoms with Crippen LogP contribution in [-0.4, -0.2) is 21.3 Å². The molecule has 4 rings (SSSR count). The molecule has 1 aromatic carbocycles. The maximum Gasteiger partial charge on any atom is 0.269 e. The lowest BCUT2D eigenvalue weighted by Crippen LogP contribution is -2.32. The number of aryl methyl sites for hydroxylation is 1. The molecule has 1 aliphatic heterocycles. The van der Waals surface area contributed by atoms with Gasteiger partial charge in [0.1, 0.15) is 0 Å². The van der Waals surface area contributed by atoms with E-state index in [0.717, 1.165) is 36.3 Å². The summed E-state index contributed by atoms with van der Waals surface area (Å²) in [7, 11) is 0. The lowest BCUT2D eigenvalue weighted by atomic mass is 10.00. The zero-order valence-corrected chi connectivity index (χ0v) is 14.2. The van der Waals surface area contributed by atoms with Crippen molar-refractivity contribution >= 4 is 5.69 Å². The molecule has 0 N–H and O–H groups in total. The van der Waals surface area contributed by atoms with Crippen LogP contribution in [0, 0.1) is 6.92 Å². The first kappa shape index (κ1) is 15.6. The van der Waals surface area contributed by atoms with Crippen molar-refractivity contribution in [1.82, 2.24) is 14.8 Å². The number of benzene rings is 1. The molecule has 126 valence electrons. The van der Waals surface area contributed by atoms with E-state index in [1.807, 2.05) is 13.0 Å². The highest BCUT2D eigenvalue weighted by Gasteiger charge is 2.17. The Hall–Kier alpha value is -2.95. The van der Waals surface area contributed by atoms with Gasteiger partial charge in [-0.05, 0) is 41.7 Å². The van der Waals surface area contributed by atoms with Crippen molar-refractivity contribution in [1.29, 1.82) is 0 Å². The summed E-state index contributed by atoms with van der Waals surface area (Å²) >= 11 is 0. The second-order valence-electron chi connectivity index (χ2n) is 6.45. The number of fused-ring (bicyclic) bond motifs is 1. The van der Waals surface area contributed by atoms with Crippen molar-refractivity contribution in [3.8, 4) is 0 Å². The van der Waals surface area contributed by atoms with Gasteiger partial charge in [-0.25, -0.2) is 4.68 Å². The van der Waals surface area contributed by atoms with Crippen LogP contribution in [0.25, 0.3) is 0 Å². The summed E-state index contributed by atoms with van der Waals surface area (Å²) in [6.07, 6.45) is 6.34. The Kier molecular flexibility index (Phi) is 4.06. The Balaban J connectivity index is 1.57. The highest BCUT2D eigenvalue weighted by molar-refractivity contribution is 5.47. The second kappa shape index (κ2) is 6.51. The van der Waals surface area contributed by atoms with Crippen LogP contribution < -0.4 is 10.5 Å². The molecule has 25 heavy (non-hydrogen) atoms. The third-order valence-corrected chi connectivity index (χ3v) is 4.81. The molecule has 3 heterocycles. The molecule has 0 bridgehead atoms. The first-order valence-corrected chi connectivity index (χ1v) is 8.49. The SMILES string of the molecule is Cc1cnccc1Cn1ncc(N2CCc3ccccc3C2)cc1=O. The molecule has 5 nitrogen and oxygen atoms in total. The first-order valence-electron chi connectivity index (χ1n) is 8.49. The fourth-order valence-electron chi connectivity index (χ4n) is 3.27. The largest absolute Gasteiger partial charge is 0.365 e. The summed E-state index contributed by atoms with van der Waals surface area (Å²) < 4.78 is 1.50. The predicted octanol–water partition coefficient (Wildman–Crippen LogP) is 2.56. The van der Waals surface area contributed by atoms with Gasteiger partial charge in [-0.2, -0.15) is 5.10 Å². The zero-order valence-electron chi connectivity index (χ0n) is 14.2. The van der Waals surface area contributed by atoms with Gasteiger partial charge in [0.05, 0.1) is 18.4 Å². The zero-order chi connectivity index (χ0) is 17.2. The highest BCUT2D eigenvalue weighted by Crippen LogP contribution is 2.22. The number of anilines is 1. The Morgan fingerprint density at radius 3 is 2.76 bits per heavy atom. The van der Waals surface area contributed by atoms with Crippen LogP contribution >= 0.6 is 0 Å². The van der Waals surface area contributed by atoms with Gasteiger partial charge < -0.3 is 4.90 Å². The quantitative estimate of drug-likeness (QED) is 0.740. The summed E-state index contributed by atoms with van der Waals surface area (Å²) in [4.78, 5) is 18.8. The van der Waals surface area contributed by atoms with E-state index in [4.69, 9.17) is 0 Å². The van der Waals surface area contributed by atoms with Crippen LogP contribution in [0.2, 0.25) is 0 Å². The van der Waals surface area contributed by atoms with Crippen molar-refractivity contribution in [2.45, 2.75) is 26.4 Å². The summed E-state index contributed by atoms with van der Waals surface area (Å²) in [5, 5.41) is 4.39. The van der Waals surface area contributed by atoms with Gasteiger partial charge in [0, 0.05) is 31.5 Å². The maximum absolute atomic E-state index is 12.5. The Morgan fingerprint density at radius 2 is 1.96 bits per heavy atom. The average molecular weight is 332 g/mol. The van der Waals surface area contributed by atoms with Gasteiger partial charge in [0.15, 0.2) is 0 Å². The molecule has 0 amide bonds. The molecular formula is C20H20N4O. The second-order valence-corrected chi connectivity index (χ2v) is 6.45. The van der Waals surface area contributed by atoms with Gasteiger partial charge in [0.25, 0.3) is 5.56 Å². The third-order valence-electron chi connectivity index (χ3n) is 4.81. The number of pyridine rings is 1. The van der Waals surface area contributed by atoms with Crippen LogP contribution in [0.1, 0.15) is 22.3 Å². The van der Waals surface area contributed by atoms with E-state index < -0.39 is 0 Å². The standard InChI is InChI=1S/C20H20N4O/c1-15-11-21-8-6-17(15)14-24-20(25)10-19(12-22-24)23-9-7-16-4-2-3-5-18(16)13-23/h2-6,8,10-12H,7,9,13-14H2,1H3. The lowest BCUT2D eigenvalue weighted by Gasteiger charge is -2.30. The Morgan fingerprint density at radius 1 is 1.12 bits per heavy atom. The van der Waals surface area contributed by atoms with Crippen molar-refractivity contribution in [2.24, 2.45) is 0 Å². The molecule has 0 spiro atoms. The van der Waals surface area contributed by atoms with Gasteiger partial charge in [-0.3, -0.25) is 9.78 Å². The van der Waals surface area contributed by atoms with E-state index in [2.05, 4.69) is 39.2 Å². The van der Waals surface area contributed by atoms with E-state index in [1.165, 1.54) is 15.8 Å². The van der Waals surface area contributed by atoms with E-state index in [-0.39, 0.29) is 5.56 Å². The minimum Gasteiger partial charge on any atom is -0.365 e. The summed E-state index contributed by atoms with van der Waals surface area (Å²) in [6.45, 7) is 4.19. The topological polar surface area (TPSA) is 51.0 Å². The van der Waals surface area contributed by atoms with Crippen LogP contribution in [0.4, 0.5) is 5.69 Å². The fourth-order valence-corrected chi connectivity index (χ4v) is 3.27. The monoisotopic (exact) mass is 332 g/mol. The van der Waals surface area contributed by atoms with Crippen molar-refractivity contribution < 1.29 is 0 Å². The Bertz CT molecular complexity index is 964. The van der Waals surface area contributed by atoms with Crippen LogP contribution in [0.15, 0.2) is 59.8 Å². The van der Waals surface area contributed by atoms with E-state index in [1.54, 1.807) is 24.7 Å². The van der Waals surface area contributed by atoms with E-state index in [0.29, 0.717) is 6.54 Å². The number of hydrogen-bond acceptors (Lipinski definition) is 4. The van der Waals surface area contributed by atoms with Gasteiger partial charge in [0.2, 0.25) is 0 Å². The normalized spacial score (nSPS) is 13.6. The van der Waals surface area contributed by atoms with Gasteiger partial charge >= 0.3 is 0 Å². The smallest absolute Gasteiger partial charge is 0.269 e. The first-order chi connectivity index (χ1) is 12.2. The maximum atomic E-state index is 12.5. The molecule has 2 aromatic heterocycles. The van der Waals surface area contributed by atoms with Gasteiger partial charge in [-0.1, -0.05) is 24.3 Å². The van der Waals surface area contributed by atoms with Gasteiger partial charge in [-0.15, -0.1) is 0 Å². The Labute approximate surface area is 146 Å². The molecule has 0 saturated carbocycles. The van der Waals surface area contributed by atoms with E-state index >= 15 is 0 Å². The molecule has 0 atom stereocenters. The molecule has 0 fully saturated rings. The van der Waals surface area contributed by atoms with Crippen molar-refractivity contribution in [3.63, 3.8) is 0 Å². The minimum atomic E-state index is -0.0763. The molecule has 0 saturated heterocycles. The van der Waals surface area contributed by atoms with Crippen molar-refractivity contribution in [3.05, 3.63) is 87.6 Å². The molecule has 3 aromatic rings. The minimum absolute atomic E-state index is 0.0763. The van der Waals surface area contributed by atoms with Crippen LogP contribution in [-0.2, 0) is 19.5 Å². The van der Waals surface area contributed by atoms with E-state index in [9.17, 15) is 4.79 Å². The fraction of sp³-hybridized carbons (Fsp3) is 0.250. The number of aromatic nitrogens is 3. The summed E-state index contributed by atoms with van der Waals surface area (Å²) in [5.74, 6) is 0. The molecular weight excluding hydrogens is 312 g/mol. The molecule has 0 radical (unpaired) electrons. The summed E-state index contributed by atoms with van der Waals surface area (Å²) in [5.41, 5.74) is 5.66. The average Bonchev–Trinajstić information content (AvgIpc) is 2.64. The van der Waals surface area contributed by atoms with Crippen LogP contribution in [0.5, 0.6) is 0 Å². The lowest BCUT2D eigenvalue weighted by molar-refractivity contribution is 0.629. The van der Waals surface area contributed by atoms with Crippen LogP contribution in [0.3, 0.4) is 0 Å². The number of hydrogen-bond donors (Lipinski definition) is 0. The van der Waals surface area contributed by atoms with Crippen molar-refractivity contribution in [2.75, 3.05) is 11.4 Å². The number of nitrogens with zero attached hydrogens (tertiary/aromatic N) is 4. The molecule has 0 aliphatic carbocycles. The highest BCUT2D eigenvalue weighted by atomic mass is 16.1. The summed E-state index contributed by atoms with van der Waals surface area (Å²) in [6, 6.07) is 12.1.